The molecule has 0 unspecified atom stereocenters. The zero-order valence-corrected chi connectivity index (χ0v) is 15.5. The second-order valence-corrected chi connectivity index (χ2v) is 7.03. The van der Waals surface area contributed by atoms with Crippen molar-refractivity contribution in [1.29, 1.82) is 0 Å². The summed E-state index contributed by atoms with van der Waals surface area (Å²) in [6.07, 6.45) is 4.32. The van der Waals surface area contributed by atoms with E-state index in [2.05, 4.69) is 0 Å². The van der Waals surface area contributed by atoms with E-state index < -0.39 is 4.92 Å². The van der Waals surface area contributed by atoms with Crippen molar-refractivity contribution in [2.24, 2.45) is 0 Å². The highest BCUT2D eigenvalue weighted by atomic mass is 16.6. The summed E-state index contributed by atoms with van der Waals surface area (Å²) in [4.78, 5) is 27.1. The predicted molar refractivity (Wildman–Crippen MR) is 99.8 cm³/mol. The molecule has 2 fully saturated rings. The van der Waals surface area contributed by atoms with Crippen LogP contribution in [-0.2, 0) is 9.53 Å². The van der Waals surface area contributed by atoms with Gasteiger partial charge < -0.3 is 14.4 Å². The molecule has 2 heterocycles. The van der Waals surface area contributed by atoms with Gasteiger partial charge in [-0.3, -0.25) is 19.8 Å². The molecule has 2 aliphatic heterocycles. The fourth-order valence-corrected chi connectivity index (χ4v) is 3.58. The molecule has 0 bridgehead atoms. The minimum absolute atomic E-state index is 0.0451. The van der Waals surface area contributed by atoms with Crippen molar-refractivity contribution in [1.82, 2.24) is 9.80 Å². The standard InChI is InChI=1S/C19H27N3O5/c23-19(21-9-3-4-10-21)15-20(14-16-6-5-12-26-16)11-13-27-18-8-2-1-7-17(18)22(24)25/h1-2,7-8,16H,3-6,9-15H2/t16-/m1/s1. The van der Waals surface area contributed by atoms with E-state index in [9.17, 15) is 14.9 Å². The first-order chi connectivity index (χ1) is 13.1. The molecule has 0 spiro atoms. The van der Waals surface area contributed by atoms with E-state index >= 15 is 0 Å². The number of nitro groups is 1. The monoisotopic (exact) mass is 377 g/mol. The number of hydrogen-bond acceptors (Lipinski definition) is 6. The molecule has 1 atom stereocenters. The van der Waals surface area contributed by atoms with Gasteiger partial charge in [0.25, 0.3) is 0 Å². The van der Waals surface area contributed by atoms with Gasteiger partial charge in [-0.2, -0.15) is 0 Å². The molecule has 0 saturated carbocycles. The molecular formula is C19H27N3O5. The van der Waals surface area contributed by atoms with Crippen LogP contribution in [0.3, 0.4) is 0 Å². The van der Waals surface area contributed by atoms with Crippen LogP contribution in [-0.4, -0.2) is 72.7 Å². The van der Waals surface area contributed by atoms with Crippen molar-refractivity contribution in [2.75, 3.05) is 45.9 Å². The molecule has 1 aromatic carbocycles. The Balaban J connectivity index is 1.55. The summed E-state index contributed by atoms with van der Waals surface area (Å²) in [5, 5.41) is 11.1. The van der Waals surface area contributed by atoms with Crippen molar-refractivity contribution < 1.29 is 19.2 Å². The first-order valence-electron chi connectivity index (χ1n) is 9.61. The molecule has 148 valence electrons. The van der Waals surface area contributed by atoms with Gasteiger partial charge in [-0.25, -0.2) is 0 Å². The average Bonchev–Trinajstić information content (AvgIpc) is 3.36. The quantitative estimate of drug-likeness (QED) is 0.484. The molecule has 0 radical (unpaired) electrons. The van der Waals surface area contributed by atoms with Gasteiger partial charge in [0.15, 0.2) is 5.75 Å². The second-order valence-electron chi connectivity index (χ2n) is 7.03. The van der Waals surface area contributed by atoms with Crippen LogP contribution in [0.4, 0.5) is 5.69 Å². The average molecular weight is 377 g/mol. The topological polar surface area (TPSA) is 85.2 Å². The SMILES string of the molecule is O=C(CN(CCOc1ccccc1[N+](=O)[O-])C[C@H]1CCCO1)N1CCCC1. The Labute approximate surface area is 159 Å². The smallest absolute Gasteiger partial charge is 0.310 e. The number of ether oxygens (including phenoxy) is 2. The van der Waals surface area contributed by atoms with Gasteiger partial charge in [0.1, 0.15) is 6.61 Å². The molecule has 3 rings (SSSR count). The van der Waals surface area contributed by atoms with Gasteiger partial charge in [-0.15, -0.1) is 0 Å². The molecule has 8 heteroatoms. The van der Waals surface area contributed by atoms with E-state index in [1.165, 1.54) is 6.07 Å². The predicted octanol–water partition coefficient (Wildman–Crippen LogP) is 2.08. The van der Waals surface area contributed by atoms with E-state index in [4.69, 9.17) is 9.47 Å². The number of nitro benzene ring substituents is 1. The van der Waals surface area contributed by atoms with Crippen LogP contribution < -0.4 is 4.74 Å². The number of para-hydroxylation sites is 2. The lowest BCUT2D eigenvalue weighted by Gasteiger charge is -2.26. The van der Waals surface area contributed by atoms with Crippen LogP contribution in [0.1, 0.15) is 25.7 Å². The maximum atomic E-state index is 12.5. The Hall–Kier alpha value is -2.19. The third kappa shape index (κ3) is 5.64. The van der Waals surface area contributed by atoms with E-state index in [1.54, 1.807) is 18.2 Å². The van der Waals surface area contributed by atoms with E-state index in [0.29, 0.717) is 19.6 Å². The zero-order valence-electron chi connectivity index (χ0n) is 15.5. The second kappa shape index (κ2) is 9.66. The summed E-state index contributed by atoms with van der Waals surface area (Å²) in [6, 6.07) is 6.35. The number of nitrogens with zero attached hydrogens (tertiary/aromatic N) is 3. The summed E-state index contributed by atoms with van der Waals surface area (Å²) >= 11 is 0. The molecule has 27 heavy (non-hydrogen) atoms. The number of carbonyl (C=O) groups excluding carboxylic acids is 1. The van der Waals surface area contributed by atoms with Crippen molar-refractivity contribution in [2.45, 2.75) is 31.8 Å². The minimum atomic E-state index is -0.448. The van der Waals surface area contributed by atoms with Crippen molar-refractivity contribution in [3.8, 4) is 5.75 Å². The first kappa shape index (κ1) is 19.6. The van der Waals surface area contributed by atoms with Gasteiger partial charge in [-0.1, -0.05) is 12.1 Å². The van der Waals surface area contributed by atoms with Crippen LogP contribution in [0.2, 0.25) is 0 Å². The first-order valence-corrected chi connectivity index (χ1v) is 9.61. The fraction of sp³-hybridized carbons (Fsp3) is 0.632. The van der Waals surface area contributed by atoms with Gasteiger partial charge in [0.05, 0.1) is 17.6 Å². The molecule has 0 N–H and O–H groups in total. The lowest BCUT2D eigenvalue weighted by atomic mass is 10.2. The third-order valence-electron chi connectivity index (χ3n) is 5.03. The zero-order chi connectivity index (χ0) is 19.1. The van der Waals surface area contributed by atoms with Crippen LogP contribution in [0.15, 0.2) is 24.3 Å². The lowest BCUT2D eigenvalue weighted by Crippen LogP contribution is -2.43. The summed E-state index contributed by atoms with van der Waals surface area (Å²) in [7, 11) is 0. The summed E-state index contributed by atoms with van der Waals surface area (Å²) in [5.41, 5.74) is -0.0451. The Morgan fingerprint density at radius 3 is 2.78 bits per heavy atom. The molecule has 2 aliphatic rings. The van der Waals surface area contributed by atoms with Crippen LogP contribution in [0, 0.1) is 10.1 Å². The Morgan fingerprint density at radius 1 is 1.30 bits per heavy atom. The Kier molecular flexibility index (Phi) is 7.00. The largest absolute Gasteiger partial charge is 0.485 e. The van der Waals surface area contributed by atoms with Gasteiger partial charge in [0, 0.05) is 38.9 Å². The Morgan fingerprint density at radius 2 is 2.07 bits per heavy atom. The normalized spacial score (nSPS) is 19.6. The maximum absolute atomic E-state index is 12.5. The minimum Gasteiger partial charge on any atom is -0.485 e. The molecule has 8 nitrogen and oxygen atoms in total. The lowest BCUT2D eigenvalue weighted by molar-refractivity contribution is -0.385. The van der Waals surface area contributed by atoms with Crippen molar-refractivity contribution in [3.05, 3.63) is 34.4 Å². The van der Waals surface area contributed by atoms with E-state index in [0.717, 1.165) is 45.4 Å². The molecule has 1 aromatic rings. The van der Waals surface area contributed by atoms with Crippen LogP contribution >= 0.6 is 0 Å². The number of hydrogen-bond donors (Lipinski definition) is 0. The number of carbonyl (C=O) groups is 1. The Bertz CT molecular complexity index is 642. The summed E-state index contributed by atoms with van der Waals surface area (Å²) in [5.74, 6) is 0.390. The number of amides is 1. The van der Waals surface area contributed by atoms with Gasteiger partial charge >= 0.3 is 5.69 Å². The molecule has 0 aliphatic carbocycles. The van der Waals surface area contributed by atoms with Crippen molar-refractivity contribution >= 4 is 11.6 Å². The van der Waals surface area contributed by atoms with E-state index in [1.807, 2.05) is 9.80 Å². The molecule has 2 saturated heterocycles. The third-order valence-corrected chi connectivity index (χ3v) is 5.03. The van der Waals surface area contributed by atoms with Crippen LogP contribution in [0.5, 0.6) is 5.75 Å². The van der Waals surface area contributed by atoms with Crippen LogP contribution in [0.25, 0.3) is 0 Å². The molecule has 0 aromatic heterocycles. The number of rotatable bonds is 9. The molecule has 1 amide bonds. The highest BCUT2D eigenvalue weighted by Crippen LogP contribution is 2.25. The fourth-order valence-electron chi connectivity index (χ4n) is 3.58. The highest BCUT2D eigenvalue weighted by Gasteiger charge is 2.24. The maximum Gasteiger partial charge on any atom is 0.310 e. The van der Waals surface area contributed by atoms with Crippen molar-refractivity contribution in [3.63, 3.8) is 0 Å². The number of likely N-dealkylation sites (tertiary alicyclic amines) is 1. The van der Waals surface area contributed by atoms with Gasteiger partial charge in [-0.05, 0) is 31.7 Å². The summed E-state index contributed by atoms with van der Waals surface area (Å²) in [6.45, 7) is 4.25. The number of benzene rings is 1. The highest BCUT2D eigenvalue weighted by molar-refractivity contribution is 5.78. The molecular weight excluding hydrogens is 350 g/mol. The van der Waals surface area contributed by atoms with E-state index in [-0.39, 0.29) is 30.1 Å². The van der Waals surface area contributed by atoms with Gasteiger partial charge in [0.2, 0.25) is 5.91 Å². The summed E-state index contributed by atoms with van der Waals surface area (Å²) < 4.78 is 11.4.